The second-order valence-electron chi connectivity index (χ2n) is 5.37. The van der Waals surface area contributed by atoms with Crippen LogP contribution >= 0.6 is 15.9 Å². The van der Waals surface area contributed by atoms with Crippen LogP contribution in [-0.4, -0.2) is 22.1 Å². The van der Waals surface area contributed by atoms with Crippen molar-refractivity contribution in [2.24, 2.45) is 17.6 Å². The number of nitrogens with two attached hydrogens (primary N) is 1. The van der Waals surface area contributed by atoms with Gasteiger partial charge in [-0.2, -0.15) is 5.10 Å². The van der Waals surface area contributed by atoms with Crippen LogP contribution in [0.25, 0.3) is 0 Å². The van der Waals surface area contributed by atoms with Crippen LogP contribution in [0, 0.1) is 18.8 Å². The SMILES string of the molecule is CCn1nc(C)c(Br)c1CC(=O)C(CN)CC(C)C. The number of halogens is 1. The Morgan fingerprint density at radius 3 is 2.58 bits per heavy atom. The lowest BCUT2D eigenvalue weighted by Crippen LogP contribution is -2.27. The third-order valence-electron chi connectivity index (χ3n) is 3.29. The average Bonchev–Trinajstić information content (AvgIpc) is 2.63. The zero-order chi connectivity index (χ0) is 14.6. The van der Waals surface area contributed by atoms with Crippen LogP contribution in [0.4, 0.5) is 0 Å². The van der Waals surface area contributed by atoms with Gasteiger partial charge in [0.15, 0.2) is 0 Å². The fourth-order valence-electron chi connectivity index (χ4n) is 2.28. The summed E-state index contributed by atoms with van der Waals surface area (Å²) >= 11 is 3.53. The van der Waals surface area contributed by atoms with Gasteiger partial charge < -0.3 is 5.73 Å². The number of hydrogen-bond donors (Lipinski definition) is 1. The minimum atomic E-state index is -0.0487. The molecule has 0 amide bonds. The standard InChI is InChI=1S/C14H24BrN3O/c1-5-18-12(14(15)10(4)17-18)7-13(19)11(8-16)6-9(2)3/h9,11H,5-8,16H2,1-4H3. The molecular formula is C14H24BrN3O. The number of ketones is 1. The van der Waals surface area contributed by atoms with Crippen molar-refractivity contribution in [3.8, 4) is 0 Å². The Labute approximate surface area is 123 Å². The van der Waals surface area contributed by atoms with Gasteiger partial charge in [0.2, 0.25) is 0 Å². The molecule has 4 nitrogen and oxygen atoms in total. The van der Waals surface area contributed by atoms with Crippen molar-refractivity contribution in [2.75, 3.05) is 6.54 Å². The van der Waals surface area contributed by atoms with Gasteiger partial charge in [-0.05, 0) is 42.1 Å². The second-order valence-corrected chi connectivity index (χ2v) is 6.16. The average molecular weight is 330 g/mol. The predicted octanol–water partition coefficient (Wildman–Crippen LogP) is 2.71. The quantitative estimate of drug-likeness (QED) is 0.836. The van der Waals surface area contributed by atoms with Crippen molar-refractivity contribution in [1.29, 1.82) is 0 Å². The number of aromatic nitrogens is 2. The third kappa shape index (κ3) is 4.14. The molecule has 0 aliphatic carbocycles. The van der Waals surface area contributed by atoms with Crippen LogP contribution in [0.3, 0.4) is 0 Å². The first-order chi connectivity index (χ1) is 8.90. The van der Waals surface area contributed by atoms with E-state index in [0.29, 0.717) is 18.9 Å². The number of carbonyl (C=O) groups excluding carboxylic acids is 1. The molecule has 1 unspecified atom stereocenters. The maximum Gasteiger partial charge on any atom is 0.143 e. The molecule has 1 rings (SSSR count). The molecule has 2 N–H and O–H groups in total. The molecule has 108 valence electrons. The molecule has 1 heterocycles. The number of carbonyl (C=O) groups is 1. The van der Waals surface area contributed by atoms with Crippen LogP contribution in [0.5, 0.6) is 0 Å². The molecule has 1 atom stereocenters. The Bertz CT molecular complexity index is 440. The van der Waals surface area contributed by atoms with Gasteiger partial charge in [0.25, 0.3) is 0 Å². The number of hydrogen-bond acceptors (Lipinski definition) is 3. The molecule has 1 aromatic rings. The van der Waals surface area contributed by atoms with E-state index in [-0.39, 0.29) is 11.7 Å². The second kappa shape index (κ2) is 7.20. The molecule has 0 aliphatic heterocycles. The zero-order valence-corrected chi connectivity index (χ0v) is 13.8. The van der Waals surface area contributed by atoms with Crippen LogP contribution in [0.2, 0.25) is 0 Å². The summed E-state index contributed by atoms with van der Waals surface area (Å²) in [5.41, 5.74) is 7.63. The Morgan fingerprint density at radius 2 is 2.11 bits per heavy atom. The van der Waals surface area contributed by atoms with Gasteiger partial charge in [-0.1, -0.05) is 13.8 Å². The first-order valence-electron chi connectivity index (χ1n) is 6.85. The van der Waals surface area contributed by atoms with Crippen LogP contribution in [-0.2, 0) is 17.8 Å². The summed E-state index contributed by atoms with van der Waals surface area (Å²) in [6, 6.07) is 0. The van der Waals surface area contributed by atoms with Gasteiger partial charge in [-0.15, -0.1) is 0 Å². The minimum absolute atomic E-state index is 0.0487. The summed E-state index contributed by atoms with van der Waals surface area (Å²) in [6.07, 6.45) is 1.26. The lowest BCUT2D eigenvalue weighted by molar-refractivity contribution is -0.122. The maximum absolute atomic E-state index is 12.4. The van der Waals surface area contributed by atoms with Crippen molar-refractivity contribution in [2.45, 2.75) is 47.1 Å². The first kappa shape index (κ1) is 16.4. The van der Waals surface area contributed by atoms with Crippen LogP contribution in [0.1, 0.15) is 38.6 Å². The molecule has 19 heavy (non-hydrogen) atoms. The molecule has 0 aromatic carbocycles. The highest BCUT2D eigenvalue weighted by Crippen LogP contribution is 2.23. The zero-order valence-electron chi connectivity index (χ0n) is 12.2. The Hall–Kier alpha value is -0.680. The van der Waals surface area contributed by atoms with E-state index in [4.69, 9.17) is 5.73 Å². The lowest BCUT2D eigenvalue weighted by atomic mass is 9.91. The summed E-state index contributed by atoms with van der Waals surface area (Å²) in [4.78, 5) is 12.4. The molecule has 0 radical (unpaired) electrons. The number of nitrogens with zero attached hydrogens (tertiary/aromatic N) is 2. The Balaban J connectivity index is 2.86. The summed E-state index contributed by atoms with van der Waals surface area (Å²) in [6.45, 7) is 9.40. The Morgan fingerprint density at radius 1 is 1.47 bits per heavy atom. The van der Waals surface area contributed by atoms with E-state index < -0.39 is 0 Å². The van der Waals surface area contributed by atoms with Crippen molar-refractivity contribution >= 4 is 21.7 Å². The summed E-state index contributed by atoms with van der Waals surface area (Å²) in [7, 11) is 0. The minimum Gasteiger partial charge on any atom is -0.330 e. The van der Waals surface area contributed by atoms with Crippen molar-refractivity contribution in [3.63, 3.8) is 0 Å². The van der Waals surface area contributed by atoms with E-state index in [2.05, 4.69) is 34.9 Å². The van der Waals surface area contributed by atoms with Gasteiger partial charge in [0.1, 0.15) is 5.78 Å². The third-order valence-corrected chi connectivity index (χ3v) is 4.32. The highest BCUT2D eigenvalue weighted by atomic mass is 79.9. The fraction of sp³-hybridized carbons (Fsp3) is 0.714. The van der Waals surface area contributed by atoms with Crippen LogP contribution in [0.15, 0.2) is 4.47 Å². The Kier molecular flexibility index (Phi) is 6.20. The van der Waals surface area contributed by atoms with E-state index in [1.54, 1.807) is 0 Å². The van der Waals surface area contributed by atoms with Gasteiger partial charge in [-0.3, -0.25) is 9.48 Å². The molecule has 5 heteroatoms. The highest BCUT2D eigenvalue weighted by molar-refractivity contribution is 9.10. The molecule has 0 aliphatic rings. The summed E-state index contributed by atoms with van der Waals surface area (Å²) in [5.74, 6) is 0.651. The molecule has 0 fully saturated rings. The summed E-state index contributed by atoms with van der Waals surface area (Å²) < 4.78 is 2.84. The van der Waals surface area contributed by atoms with Gasteiger partial charge in [0.05, 0.1) is 15.9 Å². The van der Waals surface area contributed by atoms with Gasteiger partial charge in [-0.25, -0.2) is 0 Å². The van der Waals surface area contributed by atoms with E-state index in [9.17, 15) is 4.79 Å². The number of aryl methyl sites for hydroxylation is 2. The largest absolute Gasteiger partial charge is 0.330 e. The molecular weight excluding hydrogens is 306 g/mol. The summed E-state index contributed by atoms with van der Waals surface area (Å²) in [5, 5.41) is 4.41. The lowest BCUT2D eigenvalue weighted by Gasteiger charge is -2.16. The predicted molar refractivity (Wildman–Crippen MR) is 81.0 cm³/mol. The van der Waals surface area contributed by atoms with E-state index >= 15 is 0 Å². The van der Waals surface area contributed by atoms with E-state index in [1.807, 2.05) is 18.5 Å². The molecule has 0 bridgehead atoms. The van der Waals surface area contributed by atoms with Crippen LogP contribution < -0.4 is 5.73 Å². The van der Waals surface area contributed by atoms with E-state index in [0.717, 1.165) is 28.8 Å². The molecule has 0 saturated heterocycles. The molecule has 0 spiro atoms. The van der Waals surface area contributed by atoms with Gasteiger partial charge in [0, 0.05) is 25.4 Å². The number of rotatable bonds is 7. The number of Topliss-reactive ketones (excluding diaryl/α,β-unsaturated/α-hetero) is 1. The molecule has 0 saturated carbocycles. The van der Waals surface area contributed by atoms with Crippen molar-refractivity contribution in [1.82, 2.24) is 9.78 Å². The van der Waals surface area contributed by atoms with Crippen molar-refractivity contribution in [3.05, 3.63) is 15.9 Å². The fourth-order valence-corrected chi connectivity index (χ4v) is 2.70. The smallest absolute Gasteiger partial charge is 0.143 e. The monoisotopic (exact) mass is 329 g/mol. The topological polar surface area (TPSA) is 60.9 Å². The normalized spacial score (nSPS) is 13.0. The molecule has 1 aromatic heterocycles. The first-order valence-corrected chi connectivity index (χ1v) is 7.64. The van der Waals surface area contributed by atoms with Gasteiger partial charge >= 0.3 is 0 Å². The highest BCUT2D eigenvalue weighted by Gasteiger charge is 2.22. The maximum atomic E-state index is 12.4. The van der Waals surface area contributed by atoms with Crippen molar-refractivity contribution < 1.29 is 4.79 Å². The van der Waals surface area contributed by atoms with E-state index in [1.165, 1.54) is 0 Å².